The Kier molecular flexibility index (Phi) is 4.82. The molecule has 6 heteroatoms. The van der Waals surface area contributed by atoms with Gasteiger partial charge in [-0.25, -0.2) is 0 Å². The SMILES string of the molecule is C[C@H]1C(=O)O[C@@H]([C@H]2COC3(CCCCC3)O2)[C@H]1OC1(O)CCCCC1. The summed E-state index contributed by atoms with van der Waals surface area (Å²) in [5, 5.41) is 10.8. The van der Waals surface area contributed by atoms with E-state index in [1.54, 1.807) is 0 Å². The predicted octanol–water partition coefficient (Wildman–Crippen LogP) is 2.66. The van der Waals surface area contributed by atoms with E-state index < -0.39 is 29.7 Å². The molecule has 2 heterocycles. The highest BCUT2D eigenvalue weighted by atomic mass is 16.8. The number of carbonyl (C=O) groups is 1. The molecule has 0 aromatic heterocycles. The first kappa shape index (κ1) is 17.7. The smallest absolute Gasteiger partial charge is 0.311 e. The minimum absolute atomic E-state index is 0.275. The summed E-state index contributed by atoms with van der Waals surface area (Å²) in [6.07, 6.45) is 8.16. The Labute approximate surface area is 149 Å². The van der Waals surface area contributed by atoms with E-state index in [2.05, 4.69) is 0 Å². The molecule has 2 aliphatic carbocycles. The van der Waals surface area contributed by atoms with E-state index in [4.69, 9.17) is 18.9 Å². The molecule has 2 saturated carbocycles. The normalized spacial score (nSPS) is 40.3. The maximum absolute atomic E-state index is 12.2. The van der Waals surface area contributed by atoms with Gasteiger partial charge in [-0.1, -0.05) is 12.8 Å². The molecule has 0 aromatic carbocycles. The maximum atomic E-state index is 12.2. The van der Waals surface area contributed by atoms with Crippen LogP contribution in [0.1, 0.15) is 71.1 Å². The number of cyclic esters (lactones) is 1. The third kappa shape index (κ3) is 3.46. The van der Waals surface area contributed by atoms with Crippen molar-refractivity contribution in [1.82, 2.24) is 0 Å². The van der Waals surface area contributed by atoms with Crippen molar-refractivity contribution >= 4 is 5.97 Å². The molecule has 0 amide bonds. The fourth-order valence-electron chi connectivity index (χ4n) is 4.75. The third-order valence-corrected chi connectivity index (χ3v) is 6.29. The van der Waals surface area contributed by atoms with E-state index in [1.807, 2.05) is 6.92 Å². The van der Waals surface area contributed by atoms with Crippen molar-refractivity contribution in [1.29, 1.82) is 0 Å². The lowest BCUT2D eigenvalue weighted by molar-refractivity contribution is -0.265. The van der Waals surface area contributed by atoms with Crippen LogP contribution in [0.15, 0.2) is 0 Å². The molecule has 1 N–H and O–H groups in total. The summed E-state index contributed by atoms with van der Waals surface area (Å²) in [4.78, 5) is 12.2. The fourth-order valence-corrected chi connectivity index (χ4v) is 4.75. The number of hydrogen-bond acceptors (Lipinski definition) is 6. The molecule has 4 atom stereocenters. The summed E-state index contributed by atoms with van der Waals surface area (Å²) in [5.74, 6) is -2.33. The number of ether oxygens (including phenoxy) is 4. The molecule has 0 aromatic rings. The lowest BCUT2D eigenvalue weighted by Crippen LogP contribution is -2.47. The number of hydrogen-bond donors (Lipinski definition) is 1. The summed E-state index contributed by atoms with van der Waals surface area (Å²) in [5.41, 5.74) is 0. The Bertz CT molecular complexity index is 494. The van der Waals surface area contributed by atoms with Crippen molar-refractivity contribution in [3.8, 4) is 0 Å². The Balaban J connectivity index is 1.46. The standard InChI is InChI=1S/C19H30O6/c1-13-15(25-18(21)8-4-2-5-9-18)16(23-17(13)20)14-12-22-19(24-14)10-6-3-7-11-19/h13-16,21H,2-12H2,1H3/t13-,14-,15+,16+/m1/s1. The molecule has 142 valence electrons. The van der Waals surface area contributed by atoms with Gasteiger partial charge >= 0.3 is 5.97 Å². The Morgan fingerprint density at radius 2 is 1.68 bits per heavy atom. The first-order valence-corrected chi connectivity index (χ1v) is 9.93. The average molecular weight is 354 g/mol. The first-order chi connectivity index (χ1) is 12.0. The summed E-state index contributed by atoms with van der Waals surface area (Å²) >= 11 is 0. The number of esters is 1. The highest BCUT2D eigenvalue weighted by Crippen LogP contribution is 2.42. The van der Waals surface area contributed by atoms with Gasteiger partial charge in [-0.3, -0.25) is 4.79 Å². The molecule has 2 saturated heterocycles. The quantitative estimate of drug-likeness (QED) is 0.620. The van der Waals surface area contributed by atoms with Gasteiger partial charge in [0.1, 0.15) is 12.2 Å². The Morgan fingerprint density at radius 1 is 1.04 bits per heavy atom. The van der Waals surface area contributed by atoms with Gasteiger partial charge in [0.25, 0.3) is 0 Å². The Hall–Kier alpha value is -0.690. The molecule has 4 rings (SSSR count). The second-order valence-electron chi connectivity index (χ2n) is 8.22. The van der Waals surface area contributed by atoms with Crippen molar-refractivity contribution in [3.05, 3.63) is 0 Å². The molecule has 0 unspecified atom stereocenters. The summed E-state index contributed by atoms with van der Waals surface area (Å²) in [7, 11) is 0. The number of rotatable bonds is 3. The van der Waals surface area contributed by atoms with E-state index in [-0.39, 0.29) is 12.1 Å². The average Bonchev–Trinajstić information content (AvgIpc) is 3.12. The van der Waals surface area contributed by atoms with Crippen LogP contribution in [0, 0.1) is 5.92 Å². The van der Waals surface area contributed by atoms with E-state index in [0.717, 1.165) is 44.9 Å². The van der Waals surface area contributed by atoms with Gasteiger partial charge < -0.3 is 24.1 Å². The van der Waals surface area contributed by atoms with Crippen LogP contribution in [0.5, 0.6) is 0 Å². The van der Waals surface area contributed by atoms with Crippen LogP contribution in [-0.2, 0) is 23.7 Å². The summed E-state index contributed by atoms with van der Waals surface area (Å²) < 4.78 is 24.0. The molecule has 6 nitrogen and oxygen atoms in total. The fraction of sp³-hybridized carbons (Fsp3) is 0.947. The number of aliphatic hydroxyl groups is 1. The van der Waals surface area contributed by atoms with Crippen molar-refractivity contribution in [2.75, 3.05) is 6.61 Å². The van der Waals surface area contributed by atoms with E-state index in [1.165, 1.54) is 6.42 Å². The third-order valence-electron chi connectivity index (χ3n) is 6.29. The maximum Gasteiger partial charge on any atom is 0.311 e. The van der Waals surface area contributed by atoms with Gasteiger partial charge in [0.05, 0.1) is 12.5 Å². The van der Waals surface area contributed by atoms with Gasteiger partial charge in [-0.2, -0.15) is 0 Å². The zero-order valence-corrected chi connectivity index (χ0v) is 15.1. The van der Waals surface area contributed by atoms with Crippen molar-refractivity contribution in [3.63, 3.8) is 0 Å². The Morgan fingerprint density at radius 3 is 2.36 bits per heavy atom. The van der Waals surface area contributed by atoms with Crippen LogP contribution in [0.4, 0.5) is 0 Å². The van der Waals surface area contributed by atoms with Gasteiger partial charge in [-0.15, -0.1) is 0 Å². The second kappa shape index (κ2) is 6.80. The second-order valence-corrected chi connectivity index (χ2v) is 8.22. The summed E-state index contributed by atoms with van der Waals surface area (Å²) in [6.45, 7) is 2.23. The van der Waals surface area contributed by atoms with Gasteiger partial charge in [0, 0.05) is 25.7 Å². The summed E-state index contributed by atoms with van der Waals surface area (Å²) in [6, 6.07) is 0. The molecular weight excluding hydrogens is 324 g/mol. The highest BCUT2D eigenvalue weighted by Gasteiger charge is 2.54. The van der Waals surface area contributed by atoms with Gasteiger partial charge in [-0.05, 0) is 32.6 Å². The monoisotopic (exact) mass is 354 g/mol. The zero-order valence-electron chi connectivity index (χ0n) is 15.1. The molecule has 4 fully saturated rings. The topological polar surface area (TPSA) is 74.2 Å². The van der Waals surface area contributed by atoms with Crippen LogP contribution < -0.4 is 0 Å². The van der Waals surface area contributed by atoms with Crippen molar-refractivity contribution < 1.29 is 28.8 Å². The zero-order chi connectivity index (χ0) is 17.5. The molecule has 0 bridgehead atoms. The molecule has 25 heavy (non-hydrogen) atoms. The van der Waals surface area contributed by atoms with Crippen molar-refractivity contribution in [2.45, 2.75) is 101 Å². The van der Waals surface area contributed by atoms with E-state index in [0.29, 0.717) is 19.4 Å². The lowest BCUT2D eigenvalue weighted by Gasteiger charge is -2.37. The molecule has 0 radical (unpaired) electrons. The minimum Gasteiger partial charge on any atom is -0.456 e. The van der Waals surface area contributed by atoms with Gasteiger partial charge in [0.15, 0.2) is 17.7 Å². The molecule has 1 spiro atoms. The predicted molar refractivity (Wildman–Crippen MR) is 88.6 cm³/mol. The number of carbonyl (C=O) groups excluding carboxylic acids is 1. The highest BCUT2D eigenvalue weighted by molar-refractivity contribution is 5.75. The first-order valence-electron chi connectivity index (χ1n) is 9.93. The van der Waals surface area contributed by atoms with Crippen LogP contribution in [-0.4, -0.2) is 47.6 Å². The van der Waals surface area contributed by atoms with Crippen LogP contribution in [0.2, 0.25) is 0 Å². The minimum atomic E-state index is -1.15. The van der Waals surface area contributed by atoms with Crippen molar-refractivity contribution in [2.24, 2.45) is 5.92 Å². The van der Waals surface area contributed by atoms with Crippen LogP contribution in [0.3, 0.4) is 0 Å². The van der Waals surface area contributed by atoms with Crippen LogP contribution in [0.25, 0.3) is 0 Å². The molecule has 2 aliphatic heterocycles. The lowest BCUT2D eigenvalue weighted by atomic mass is 9.92. The van der Waals surface area contributed by atoms with E-state index >= 15 is 0 Å². The molecular formula is C19H30O6. The van der Waals surface area contributed by atoms with Crippen LogP contribution >= 0.6 is 0 Å². The largest absolute Gasteiger partial charge is 0.456 e. The van der Waals surface area contributed by atoms with Gasteiger partial charge in [0.2, 0.25) is 0 Å². The van der Waals surface area contributed by atoms with E-state index in [9.17, 15) is 9.90 Å². The molecule has 4 aliphatic rings.